The maximum absolute atomic E-state index is 8.95. The van der Waals surface area contributed by atoms with Crippen molar-refractivity contribution in [3.8, 4) is 0 Å². The van der Waals surface area contributed by atoms with Gasteiger partial charge in [0.25, 0.3) is 0 Å². The Bertz CT molecular complexity index is 239. The van der Waals surface area contributed by atoms with E-state index in [1.165, 1.54) is 5.56 Å². The molecule has 1 aromatic rings. The van der Waals surface area contributed by atoms with Crippen molar-refractivity contribution in [2.24, 2.45) is 0 Å². The lowest BCUT2D eigenvalue weighted by atomic mass is 10.2. The average Bonchev–Trinajstić information content (AvgIpc) is 2.08. The van der Waals surface area contributed by atoms with Crippen molar-refractivity contribution < 1.29 is 9.84 Å². The molecule has 0 saturated carbocycles. The summed E-state index contributed by atoms with van der Waals surface area (Å²) in [5, 5.41) is 8.95. The van der Waals surface area contributed by atoms with Crippen LogP contribution in [0.2, 0.25) is 0 Å². The zero-order chi connectivity index (χ0) is 9.68. The van der Waals surface area contributed by atoms with E-state index in [-0.39, 0.29) is 6.10 Å². The second-order valence-electron chi connectivity index (χ2n) is 3.35. The van der Waals surface area contributed by atoms with Gasteiger partial charge in [0.15, 0.2) is 0 Å². The first-order chi connectivity index (χ1) is 6.18. The highest BCUT2D eigenvalue weighted by atomic mass is 16.5. The number of aryl methyl sites for hydroxylation is 1. The number of rotatable bonds is 4. The van der Waals surface area contributed by atoms with Gasteiger partial charge < -0.3 is 9.84 Å². The quantitative estimate of drug-likeness (QED) is 0.766. The topological polar surface area (TPSA) is 29.5 Å². The van der Waals surface area contributed by atoms with Gasteiger partial charge in [0, 0.05) is 0 Å². The molecular formula is C11H16O2. The first-order valence-electron chi connectivity index (χ1n) is 4.50. The van der Waals surface area contributed by atoms with Crippen molar-refractivity contribution in [2.45, 2.75) is 26.6 Å². The lowest BCUT2D eigenvalue weighted by molar-refractivity contribution is 0.0376. The summed E-state index contributed by atoms with van der Waals surface area (Å²) in [6, 6.07) is 8.19. The van der Waals surface area contributed by atoms with Crippen LogP contribution in [0.4, 0.5) is 0 Å². The van der Waals surface area contributed by atoms with E-state index >= 15 is 0 Å². The summed E-state index contributed by atoms with van der Waals surface area (Å²) >= 11 is 0. The van der Waals surface area contributed by atoms with Gasteiger partial charge in [0.2, 0.25) is 0 Å². The molecule has 1 unspecified atom stereocenters. The molecule has 72 valence electrons. The van der Waals surface area contributed by atoms with Crippen LogP contribution in [-0.4, -0.2) is 17.8 Å². The summed E-state index contributed by atoms with van der Waals surface area (Å²) in [6.07, 6.45) is -0.384. The number of aliphatic hydroxyl groups excluding tert-OH is 1. The Morgan fingerprint density at radius 1 is 1.31 bits per heavy atom. The fourth-order valence-electron chi connectivity index (χ4n) is 1.03. The largest absolute Gasteiger partial charge is 0.391 e. The molecule has 0 amide bonds. The minimum Gasteiger partial charge on any atom is -0.391 e. The third-order valence-electron chi connectivity index (χ3n) is 1.75. The molecule has 0 radical (unpaired) electrons. The minimum absolute atomic E-state index is 0.384. The van der Waals surface area contributed by atoms with E-state index in [2.05, 4.69) is 19.1 Å². The number of hydrogen-bond donors (Lipinski definition) is 1. The Labute approximate surface area is 79.2 Å². The summed E-state index contributed by atoms with van der Waals surface area (Å²) in [5.74, 6) is 0. The van der Waals surface area contributed by atoms with Crippen LogP contribution < -0.4 is 0 Å². The van der Waals surface area contributed by atoms with Crippen molar-refractivity contribution in [1.29, 1.82) is 0 Å². The third kappa shape index (κ3) is 4.06. The van der Waals surface area contributed by atoms with Gasteiger partial charge in [-0.25, -0.2) is 0 Å². The van der Waals surface area contributed by atoms with E-state index in [0.29, 0.717) is 13.2 Å². The van der Waals surface area contributed by atoms with E-state index < -0.39 is 0 Å². The lowest BCUT2D eigenvalue weighted by Crippen LogP contribution is -2.09. The first-order valence-corrected chi connectivity index (χ1v) is 4.50. The highest BCUT2D eigenvalue weighted by Gasteiger charge is 1.96. The van der Waals surface area contributed by atoms with Crippen molar-refractivity contribution in [3.63, 3.8) is 0 Å². The number of benzene rings is 1. The molecule has 0 spiro atoms. The van der Waals surface area contributed by atoms with Gasteiger partial charge in [-0.05, 0) is 19.4 Å². The maximum Gasteiger partial charge on any atom is 0.0745 e. The van der Waals surface area contributed by atoms with E-state index in [9.17, 15) is 0 Å². The Hall–Kier alpha value is -0.860. The molecule has 2 nitrogen and oxygen atoms in total. The molecule has 0 heterocycles. The highest BCUT2D eigenvalue weighted by molar-refractivity contribution is 5.20. The van der Waals surface area contributed by atoms with Crippen LogP contribution in [0.3, 0.4) is 0 Å². The van der Waals surface area contributed by atoms with Crippen molar-refractivity contribution >= 4 is 0 Å². The second kappa shape index (κ2) is 5.00. The van der Waals surface area contributed by atoms with Crippen LogP contribution in [0.25, 0.3) is 0 Å². The Morgan fingerprint density at radius 3 is 2.46 bits per heavy atom. The molecule has 0 aliphatic carbocycles. The van der Waals surface area contributed by atoms with Crippen molar-refractivity contribution in [3.05, 3.63) is 35.4 Å². The molecule has 0 aliphatic rings. The summed E-state index contributed by atoms with van der Waals surface area (Å²) in [7, 11) is 0. The Balaban J connectivity index is 2.33. The molecule has 1 rings (SSSR count). The molecule has 1 atom stereocenters. The predicted molar refractivity (Wildman–Crippen MR) is 52.5 cm³/mol. The van der Waals surface area contributed by atoms with Gasteiger partial charge in [0.05, 0.1) is 19.3 Å². The van der Waals surface area contributed by atoms with Crippen LogP contribution >= 0.6 is 0 Å². The Morgan fingerprint density at radius 2 is 1.92 bits per heavy atom. The van der Waals surface area contributed by atoms with Crippen molar-refractivity contribution in [1.82, 2.24) is 0 Å². The maximum atomic E-state index is 8.95. The fourth-order valence-corrected chi connectivity index (χ4v) is 1.03. The van der Waals surface area contributed by atoms with Crippen LogP contribution in [0, 0.1) is 6.92 Å². The zero-order valence-electron chi connectivity index (χ0n) is 8.16. The fraction of sp³-hybridized carbons (Fsp3) is 0.455. The van der Waals surface area contributed by atoms with Gasteiger partial charge in [-0.1, -0.05) is 29.8 Å². The standard InChI is InChI=1S/C11H16O2/c1-9-3-5-11(6-4-9)8-13-7-10(2)12/h3-6,10,12H,7-8H2,1-2H3. The summed E-state index contributed by atoms with van der Waals surface area (Å²) in [5.41, 5.74) is 2.39. The number of ether oxygens (including phenoxy) is 1. The van der Waals surface area contributed by atoms with Gasteiger partial charge in [-0.15, -0.1) is 0 Å². The van der Waals surface area contributed by atoms with E-state index in [0.717, 1.165) is 5.56 Å². The minimum atomic E-state index is -0.384. The monoisotopic (exact) mass is 180 g/mol. The van der Waals surface area contributed by atoms with E-state index in [1.54, 1.807) is 6.92 Å². The highest BCUT2D eigenvalue weighted by Crippen LogP contribution is 2.04. The van der Waals surface area contributed by atoms with Crippen LogP contribution in [0.15, 0.2) is 24.3 Å². The molecule has 1 aromatic carbocycles. The predicted octanol–water partition coefficient (Wildman–Crippen LogP) is 1.89. The SMILES string of the molecule is Cc1ccc(COCC(C)O)cc1. The van der Waals surface area contributed by atoms with Gasteiger partial charge in [-0.2, -0.15) is 0 Å². The second-order valence-corrected chi connectivity index (χ2v) is 3.35. The van der Waals surface area contributed by atoms with Gasteiger partial charge in [-0.3, -0.25) is 0 Å². The summed E-state index contributed by atoms with van der Waals surface area (Å²) in [6.45, 7) is 4.74. The van der Waals surface area contributed by atoms with Crippen LogP contribution in [-0.2, 0) is 11.3 Å². The Kier molecular flexibility index (Phi) is 3.93. The zero-order valence-corrected chi connectivity index (χ0v) is 8.16. The molecule has 0 aromatic heterocycles. The summed E-state index contributed by atoms with van der Waals surface area (Å²) < 4.78 is 5.27. The number of aliphatic hydroxyl groups is 1. The van der Waals surface area contributed by atoms with Crippen LogP contribution in [0.1, 0.15) is 18.1 Å². The average molecular weight is 180 g/mol. The molecule has 1 N–H and O–H groups in total. The van der Waals surface area contributed by atoms with Crippen molar-refractivity contribution in [2.75, 3.05) is 6.61 Å². The smallest absolute Gasteiger partial charge is 0.0745 e. The molecule has 0 aliphatic heterocycles. The normalized spacial score (nSPS) is 12.8. The molecule has 0 bridgehead atoms. The molecule has 0 fully saturated rings. The van der Waals surface area contributed by atoms with Gasteiger partial charge in [0.1, 0.15) is 0 Å². The van der Waals surface area contributed by atoms with Gasteiger partial charge >= 0.3 is 0 Å². The molecule has 2 heteroatoms. The lowest BCUT2D eigenvalue weighted by Gasteiger charge is -2.06. The summed E-state index contributed by atoms with van der Waals surface area (Å²) in [4.78, 5) is 0. The third-order valence-corrected chi connectivity index (χ3v) is 1.75. The van der Waals surface area contributed by atoms with E-state index in [1.807, 2.05) is 12.1 Å². The van der Waals surface area contributed by atoms with E-state index in [4.69, 9.17) is 9.84 Å². The molecular weight excluding hydrogens is 164 g/mol. The number of hydrogen-bond acceptors (Lipinski definition) is 2. The van der Waals surface area contributed by atoms with Crippen LogP contribution in [0.5, 0.6) is 0 Å². The first kappa shape index (κ1) is 10.2. The molecule has 13 heavy (non-hydrogen) atoms. The molecule has 0 saturated heterocycles.